The van der Waals surface area contributed by atoms with E-state index in [-0.39, 0.29) is 5.84 Å². The van der Waals surface area contributed by atoms with Gasteiger partial charge < -0.3 is 0 Å². The highest BCUT2D eigenvalue weighted by atomic mass is 32.2. The smallest absolute Gasteiger partial charge is 0.267 e. The number of oxime groups is 1. The maximum atomic E-state index is 10.3. The normalized spacial score (nSPS) is 12.0. The topological polar surface area (TPSA) is 68.1 Å². The van der Waals surface area contributed by atoms with Crippen LogP contribution in [-0.4, -0.2) is 25.7 Å². The number of isothiocyanates is 1. The first-order chi connectivity index (χ1) is 4.95. The van der Waals surface area contributed by atoms with Crippen LogP contribution in [0.2, 0.25) is 0 Å². The van der Waals surface area contributed by atoms with E-state index in [4.69, 9.17) is 0 Å². The van der Waals surface area contributed by atoms with E-state index in [2.05, 4.69) is 26.6 Å². The maximum Gasteiger partial charge on any atom is 0.325 e. The Bertz CT molecular complexity index is 299. The molecule has 0 bridgehead atoms. The van der Waals surface area contributed by atoms with Gasteiger partial charge in [0.05, 0.1) is 11.4 Å². The van der Waals surface area contributed by atoms with Crippen LogP contribution in [0.3, 0.4) is 0 Å². The largest absolute Gasteiger partial charge is 0.325 e. The van der Waals surface area contributed by atoms with Crippen LogP contribution in [0.5, 0.6) is 0 Å². The van der Waals surface area contributed by atoms with Crippen LogP contribution < -0.4 is 0 Å². The summed E-state index contributed by atoms with van der Waals surface area (Å²) in [7, 11) is -3.55. The Hall–Kier alpha value is -0.780. The Morgan fingerprint density at radius 2 is 2.18 bits per heavy atom. The highest BCUT2D eigenvalue weighted by molar-refractivity contribution is 7.85. The summed E-state index contributed by atoms with van der Waals surface area (Å²) in [6.45, 7) is 1.44. The molecule has 0 aliphatic rings. The summed E-state index contributed by atoms with van der Waals surface area (Å²) in [5.74, 6) is 0.102. The highest BCUT2D eigenvalue weighted by Crippen LogP contribution is 1.88. The van der Waals surface area contributed by atoms with Crippen LogP contribution in [0, 0.1) is 0 Å². The lowest BCUT2D eigenvalue weighted by molar-refractivity contribution is 0.342. The molecular formula is C4H6N2O3S2. The van der Waals surface area contributed by atoms with E-state index in [1.165, 1.54) is 6.92 Å². The van der Waals surface area contributed by atoms with Gasteiger partial charge in [-0.3, -0.25) is 4.28 Å². The summed E-state index contributed by atoms with van der Waals surface area (Å²) in [5.41, 5.74) is 0. The van der Waals surface area contributed by atoms with Gasteiger partial charge in [-0.25, -0.2) is 0 Å². The van der Waals surface area contributed by atoms with Gasteiger partial charge in [-0.2, -0.15) is 13.4 Å². The van der Waals surface area contributed by atoms with Gasteiger partial charge in [0.15, 0.2) is 5.84 Å². The number of aliphatic imine (C=N–C) groups is 1. The van der Waals surface area contributed by atoms with Gasteiger partial charge in [0, 0.05) is 6.92 Å². The quantitative estimate of drug-likeness (QED) is 0.276. The predicted molar refractivity (Wildman–Crippen MR) is 44.1 cm³/mol. The summed E-state index contributed by atoms with van der Waals surface area (Å²) < 4.78 is 24.7. The molecule has 0 fully saturated rings. The van der Waals surface area contributed by atoms with Crippen LogP contribution in [0.15, 0.2) is 10.1 Å². The fourth-order valence-corrected chi connectivity index (χ4v) is 0.583. The van der Waals surface area contributed by atoms with Gasteiger partial charge >= 0.3 is 10.1 Å². The molecule has 0 radical (unpaired) electrons. The van der Waals surface area contributed by atoms with E-state index in [1.54, 1.807) is 0 Å². The third-order valence-electron chi connectivity index (χ3n) is 0.512. The maximum absolute atomic E-state index is 10.3. The van der Waals surface area contributed by atoms with Crippen molar-refractivity contribution in [2.75, 3.05) is 6.26 Å². The second kappa shape index (κ2) is 4.17. The first-order valence-electron chi connectivity index (χ1n) is 2.47. The molecule has 0 spiro atoms. The molecule has 5 nitrogen and oxygen atoms in total. The minimum absolute atomic E-state index is 0.102. The average molecular weight is 194 g/mol. The Morgan fingerprint density at radius 3 is 2.55 bits per heavy atom. The molecule has 0 heterocycles. The number of thiocarbonyl (C=S) groups is 1. The van der Waals surface area contributed by atoms with E-state index in [0.29, 0.717) is 0 Å². The Balaban J connectivity index is 4.26. The van der Waals surface area contributed by atoms with Crippen molar-refractivity contribution in [2.45, 2.75) is 6.92 Å². The molecule has 0 rings (SSSR count). The number of hydrogen-bond donors (Lipinski definition) is 0. The van der Waals surface area contributed by atoms with E-state index in [0.717, 1.165) is 6.26 Å². The lowest BCUT2D eigenvalue weighted by atomic mass is 10.7. The van der Waals surface area contributed by atoms with Crippen molar-refractivity contribution in [3.8, 4) is 0 Å². The predicted octanol–water partition coefficient (Wildman–Crippen LogP) is 0.399. The first kappa shape index (κ1) is 10.2. The molecule has 0 amide bonds. The molecule has 0 aliphatic carbocycles. The number of nitrogens with zero attached hydrogens (tertiary/aromatic N) is 2. The van der Waals surface area contributed by atoms with E-state index >= 15 is 0 Å². The number of amidine groups is 1. The molecule has 0 unspecified atom stereocenters. The standard InChI is InChI=1S/C4H6N2O3S2/c1-4(5-3-10)6-9-11(2,7)8/h1-2H3/b6-4-. The fraction of sp³-hybridized carbons (Fsp3) is 0.500. The van der Waals surface area contributed by atoms with Crippen LogP contribution >= 0.6 is 12.2 Å². The third kappa shape index (κ3) is 7.11. The minimum atomic E-state index is -3.55. The monoisotopic (exact) mass is 194 g/mol. The minimum Gasteiger partial charge on any atom is -0.267 e. The molecule has 0 aliphatic heterocycles. The highest BCUT2D eigenvalue weighted by Gasteiger charge is 1.98. The van der Waals surface area contributed by atoms with Crippen molar-refractivity contribution in [1.29, 1.82) is 0 Å². The molecule has 0 saturated carbocycles. The molecule has 0 atom stereocenters. The van der Waals surface area contributed by atoms with Crippen LogP contribution in [0.4, 0.5) is 0 Å². The summed E-state index contributed by atoms with van der Waals surface area (Å²) >= 11 is 4.23. The van der Waals surface area contributed by atoms with Gasteiger partial charge in [0.25, 0.3) is 0 Å². The molecular weight excluding hydrogens is 188 g/mol. The summed E-state index contributed by atoms with van der Waals surface area (Å²) in [6, 6.07) is 0. The number of hydrogen-bond acceptors (Lipinski definition) is 5. The Kier molecular flexibility index (Phi) is 3.88. The molecule has 0 aromatic heterocycles. The molecule has 0 saturated heterocycles. The van der Waals surface area contributed by atoms with Gasteiger partial charge in [0.2, 0.25) is 0 Å². The van der Waals surface area contributed by atoms with Crippen LogP contribution in [-0.2, 0) is 14.4 Å². The number of rotatable bonds is 2. The SMILES string of the molecule is C/C(N=C=S)=N/OS(C)(=O)=O. The second-order valence-corrected chi connectivity index (χ2v) is 3.36. The molecule has 0 N–H and O–H groups in total. The zero-order chi connectivity index (χ0) is 8.91. The molecule has 7 heteroatoms. The second-order valence-electron chi connectivity index (χ2n) is 1.62. The lowest BCUT2D eigenvalue weighted by Crippen LogP contribution is -1.98. The summed E-state index contributed by atoms with van der Waals surface area (Å²) in [4.78, 5) is 3.35. The Morgan fingerprint density at radius 1 is 1.64 bits per heavy atom. The average Bonchev–Trinajstić information content (AvgIpc) is 1.83. The van der Waals surface area contributed by atoms with Gasteiger partial charge in [-0.05, 0) is 17.4 Å². The van der Waals surface area contributed by atoms with E-state index in [1.807, 2.05) is 5.16 Å². The summed E-state index contributed by atoms with van der Waals surface area (Å²) in [5, 5.41) is 5.12. The third-order valence-corrected chi connectivity index (χ3v) is 0.949. The van der Waals surface area contributed by atoms with Crippen molar-refractivity contribution in [3.05, 3.63) is 0 Å². The molecule has 62 valence electrons. The van der Waals surface area contributed by atoms with E-state index < -0.39 is 10.1 Å². The zero-order valence-electron chi connectivity index (χ0n) is 5.94. The lowest BCUT2D eigenvalue weighted by Gasteiger charge is -1.91. The Labute approximate surface area is 69.9 Å². The van der Waals surface area contributed by atoms with Gasteiger partial charge in [-0.15, -0.1) is 0 Å². The molecule has 11 heavy (non-hydrogen) atoms. The van der Waals surface area contributed by atoms with Crippen molar-refractivity contribution >= 4 is 33.3 Å². The van der Waals surface area contributed by atoms with Gasteiger partial charge in [0.1, 0.15) is 0 Å². The van der Waals surface area contributed by atoms with Crippen LogP contribution in [0.25, 0.3) is 0 Å². The van der Waals surface area contributed by atoms with Crippen molar-refractivity contribution < 1.29 is 12.7 Å². The van der Waals surface area contributed by atoms with E-state index in [9.17, 15) is 8.42 Å². The van der Waals surface area contributed by atoms with Crippen molar-refractivity contribution in [2.24, 2.45) is 10.1 Å². The fourth-order valence-electron chi connectivity index (χ4n) is 0.208. The van der Waals surface area contributed by atoms with Crippen molar-refractivity contribution in [1.82, 2.24) is 0 Å². The molecule has 0 aromatic carbocycles. The van der Waals surface area contributed by atoms with Crippen LogP contribution in [0.1, 0.15) is 6.92 Å². The van der Waals surface area contributed by atoms with Gasteiger partial charge in [-0.1, -0.05) is 0 Å². The van der Waals surface area contributed by atoms with Crippen molar-refractivity contribution in [3.63, 3.8) is 0 Å². The summed E-state index contributed by atoms with van der Waals surface area (Å²) in [6.07, 6.45) is 0.880. The first-order valence-corrected chi connectivity index (χ1v) is 4.69. The zero-order valence-corrected chi connectivity index (χ0v) is 7.57. The molecule has 0 aromatic rings.